The number of carbonyl (C=O) groups is 1. The van der Waals surface area contributed by atoms with Crippen molar-refractivity contribution in [2.75, 3.05) is 18.6 Å². The van der Waals surface area contributed by atoms with E-state index in [4.69, 9.17) is 26.4 Å². The number of nitrogens with zero attached hydrogens (tertiary/aromatic N) is 1. The monoisotopic (exact) mass is 495 g/mol. The molecule has 8 heteroatoms. The maximum absolute atomic E-state index is 13.1. The molecule has 0 spiro atoms. The molecule has 1 heterocycles. The van der Waals surface area contributed by atoms with Crippen LogP contribution in [0.1, 0.15) is 18.1 Å². The molecule has 3 aromatic rings. The average molecular weight is 496 g/mol. The molecule has 0 aromatic heterocycles. The lowest BCUT2D eigenvalue weighted by Gasteiger charge is -2.15. The molecule has 0 saturated carbocycles. The number of methoxy groups -OCH3 is 1. The highest BCUT2D eigenvalue weighted by Gasteiger charge is 2.33. The van der Waals surface area contributed by atoms with Gasteiger partial charge in [-0.25, -0.2) is 4.39 Å². The molecule has 1 aliphatic heterocycles. The van der Waals surface area contributed by atoms with Gasteiger partial charge in [-0.1, -0.05) is 42.2 Å². The van der Waals surface area contributed by atoms with Gasteiger partial charge in [0.25, 0.3) is 5.91 Å². The summed E-state index contributed by atoms with van der Waals surface area (Å²) in [5.74, 6) is 1.33. The summed E-state index contributed by atoms with van der Waals surface area (Å²) in [5.41, 5.74) is 2.31. The highest BCUT2D eigenvalue weighted by molar-refractivity contribution is 8.27. The molecular weight excluding hydrogens is 473 g/mol. The molecule has 3 aromatic carbocycles. The Morgan fingerprint density at radius 2 is 1.74 bits per heavy atom. The Morgan fingerprint density at radius 1 is 1.00 bits per heavy atom. The molecule has 0 aliphatic carbocycles. The van der Waals surface area contributed by atoms with Crippen LogP contribution in [0.25, 0.3) is 6.08 Å². The normalized spacial score (nSPS) is 14.6. The summed E-state index contributed by atoms with van der Waals surface area (Å²) in [6, 6.07) is 18.8. The quantitative estimate of drug-likeness (QED) is 0.273. The lowest BCUT2D eigenvalue weighted by Crippen LogP contribution is -2.27. The van der Waals surface area contributed by atoms with Crippen LogP contribution in [-0.4, -0.2) is 23.9 Å². The first kappa shape index (κ1) is 23.8. The Kier molecular flexibility index (Phi) is 7.49. The van der Waals surface area contributed by atoms with Crippen molar-refractivity contribution in [2.24, 2.45) is 0 Å². The maximum atomic E-state index is 13.1. The molecule has 1 fully saturated rings. The number of ether oxygens (including phenoxy) is 3. The first-order chi connectivity index (χ1) is 16.5. The van der Waals surface area contributed by atoms with Gasteiger partial charge in [0.2, 0.25) is 0 Å². The molecule has 1 aliphatic rings. The van der Waals surface area contributed by atoms with Gasteiger partial charge in [0, 0.05) is 0 Å². The highest BCUT2D eigenvalue weighted by atomic mass is 32.2. The van der Waals surface area contributed by atoms with Gasteiger partial charge >= 0.3 is 0 Å². The van der Waals surface area contributed by atoms with Gasteiger partial charge < -0.3 is 14.2 Å². The zero-order valence-corrected chi connectivity index (χ0v) is 20.3. The van der Waals surface area contributed by atoms with E-state index >= 15 is 0 Å². The summed E-state index contributed by atoms with van der Waals surface area (Å²) in [5, 5.41) is 0. The maximum Gasteiger partial charge on any atom is 0.270 e. The highest BCUT2D eigenvalue weighted by Crippen LogP contribution is 2.37. The van der Waals surface area contributed by atoms with Crippen LogP contribution in [0, 0.1) is 5.82 Å². The van der Waals surface area contributed by atoms with Gasteiger partial charge in [-0.2, -0.15) is 0 Å². The number of hydrogen-bond acceptors (Lipinski definition) is 6. The molecule has 0 N–H and O–H groups in total. The lowest BCUT2D eigenvalue weighted by atomic mass is 10.1. The number of rotatable bonds is 8. The molecule has 34 heavy (non-hydrogen) atoms. The van der Waals surface area contributed by atoms with E-state index in [-0.39, 0.29) is 18.3 Å². The third-order valence-electron chi connectivity index (χ3n) is 4.99. The van der Waals surface area contributed by atoms with Gasteiger partial charge in [0.05, 0.1) is 24.3 Å². The van der Waals surface area contributed by atoms with E-state index in [0.717, 1.165) is 16.9 Å². The number of benzene rings is 3. The van der Waals surface area contributed by atoms with E-state index in [1.807, 2.05) is 37.3 Å². The summed E-state index contributed by atoms with van der Waals surface area (Å²) in [6.07, 6.45) is 1.78. The van der Waals surface area contributed by atoms with Crippen molar-refractivity contribution in [1.29, 1.82) is 0 Å². The first-order valence-corrected chi connectivity index (χ1v) is 11.8. The van der Waals surface area contributed by atoms with Crippen molar-refractivity contribution < 1.29 is 23.4 Å². The molecule has 0 radical (unpaired) electrons. The molecule has 0 atom stereocenters. The van der Waals surface area contributed by atoms with E-state index in [9.17, 15) is 9.18 Å². The summed E-state index contributed by atoms with van der Waals surface area (Å²) < 4.78 is 30.3. The molecule has 174 valence electrons. The van der Waals surface area contributed by atoms with Crippen molar-refractivity contribution >= 4 is 46.0 Å². The van der Waals surface area contributed by atoms with Gasteiger partial charge in [-0.15, -0.1) is 0 Å². The minimum absolute atomic E-state index is 0.185. The zero-order valence-electron chi connectivity index (χ0n) is 18.6. The molecule has 1 amide bonds. The van der Waals surface area contributed by atoms with Crippen molar-refractivity contribution in [3.05, 3.63) is 88.6 Å². The van der Waals surface area contributed by atoms with Crippen LogP contribution in [0.2, 0.25) is 0 Å². The second-order valence-electron chi connectivity index (χ2n) is 7.27. The third-order valence-corrected chi connectivity index (χ3v) is 6.29. The summed E-state index contributed by atoms with van der Waals surface area (Å²) in [7, 11) is 1.55. The van der Waals surface area contributed by atoms with Crippen LogP contribution in [0.3, 0.4) is 0 Å². The molecule has 4 rings (SSSR count). The van der Waals surface area contributed by atoms with Crippen LogP contribution in [0.4, 0.5) is 10.1 Å². The Labute approximate surface area is 207 Å². The fraction of sp³-hybridized carbons (Fsp3) is 0.154. The van der Waals surface area contributed by atoms with Gasteiger partial charge in [0.1, 0.15) is 18.2 Å². The van der Waals surface area contributed by atoms with E-state index in [1.165, 1.54) is 28.8 Å². The van der Waals surface area contributed by atoms with Gasteiger partial charge in [-0.3, -0.25) is 9.69 Å². The van der Waals surface area contributed by atoms with E-state index in [1.54, 1.807) is 37.5 Å². The Morgan fingerprint density at radius 3 is 2.41 bits per heavy atom. The first-order valence-electron chi connectivity index (χ1n) is 10.5. The van der Waals surface area contributed by atoms with E-state index in [0.29, 0.717) is 33.0 Å². The minimum Gasteiger partial charge on any atom is -0.494 e. The van der Waals surface area contributed by atoms with E-state index < -0.39 is 0 Å². The SMILES string of the molecule is CCOc1ccc(N2C(=O)/C(=C/c3ccc(OCc4ccc(F)cc4)c(OC)c3)SC2=S)cc1. The van der Waals surface area contributed by atoms with Crippen LogP contribution < -0.4 is 19.1 Å². The number of halogens is 1. The van der Waals surface area contributed by atoms with Crippen LogP contribution in [0.15, 0.2) is 71.6 Å². The molecule has 0 unspecified atom stereocenters. The van der Waals surface area contributed by atoms with Crippen LogP contribution >= 0.6 is 24.0 Å². The number of anilines is 1. The zero-order chi connectivity index (χ0) is 24.1. The Bertz CT molecular complexity index is 1230. The second kappa shape index (κ2) is 10.7. The van der Waals surface area contributed by atoms with Crippen LogP contribution in [0.5, 0.6) is 17.2 Å². The predicted molar refractivity (Wildman–Crippen MR) is 137 cm³/mol. The smallest absolute Gasteiger partial charge is 0.270 e. The van der Waals surface area contributed by atoms with Crippen LogP contribution in [-0.2, 0) is 11.4 Å². The number of hydrogen-bond donors (Lipinski definition) is 0. The van der Waals surface area contributed by atoms with Crippen molar-refractivity contribution in [3.63, 3.8) is 0 Å². The van der Waals surface area contributed by atoms with Crippen molar-refractivity contribution in [1.82, 2.24) is 0 Å². The molecule has 0 bridgehead atoms. The Hall–Kier alpha value is -3.36. The summed E-state index contributed by atoms with van der Waals surface area (Å²) >= 11 is 6.71. The number of amides is 1. The minimum atomic E-state index is -0.293. The van der Waals surface area contributed by atoms with Crippen molar-refractivity contribution in [3.8, 4) is 17.2 Å². The predicted octanol–water partition coefficient (Wildman–Crippen LogP) is 6.22. The van der Waals surface area contributed by atoms with Gasteiger partial charge in [-0.05, 0) is 72.7 Å². The average Bonchev–Trinajstić information content (AvgIpc) is 3.12. The number of thiocarbonyl (C=S) groups is 1. The topological polar surface area (TPSA) is 48.0 Å². The molecule has 1 saturated heterocycles. The fourth-order valence-electron chi connectivity index (χ4n) is 3.33. The summed E-state index contributed by atoms with van der Waals surface area (Å²) in [4.78, 5) is 15.1. The lowest BCUT2D eigenvalue weighted by molar-refractivity contribution is -0.113. The largest absolute Gasteiger partial charge is 0.494 e. The summed E-state index contributed by atoms with van der Waals surface area (Å²) in [6.45, 7) is 2.76. The third kappa shape index (κ3) is 5.40. The molecule has 5 nitrogen and oxygen atoms in total. The van der Waals surface area contributed by atoms with E-state index in [2.05, 4.69) is 0 Å². The number of carbonyl (C=O) groups excluding carboxylic acids is 1. The number of thioether (sulfide) groups is 1. The standard InChI is InChI=1S/C26H22FNO4S2/c1-3-31-21-11-9-20(10-12-21)28-25(29)24(34-26(28)33)15-18-6-13-22(23(14-18)30-2)32-16-17-4-7-19(27)8-5-17/h4-15H,3,16H2,1-2H3/b24-15-. The second-order valence-corrected chi connectivity index (χ2v) is 8.95. The fourth-order valence-corrected chi connectivity index (χ4v) is 4.63. The Balaban J connectivity index is 1.50. The molecular formula is C26H22FNO4S2. The van der Waals surface area contributed by atoms with Crippen molar-refractivity contribution in [2.45, 2.75) is 13.5 Å². The van der Waals surface area contributed by atoms with Gasteiger partial charge in [0.15, 0.2) is 15.8 Å².